The molecule has 0 unspecified atom stereocenters. The van der Waals surface area contributed by atoms with Crippen molar-refractivity contribution >= 4 is 11.7 Å². The maximum atomic E-state index is 13.3. The third-order valence-corrected chi connectivity index (χ3v) is 2.49. The number of anilines is 1. The van der Waals surface area contributed by atoms with Gasteiger partial charge in [0.1, 0.15) is 11.6 Å². The number of benzene rings is 2. The zero-order chi connectivity index (χ0) is 13.7. The Kier molecular flexibility index (Phi) is 4.07. The fraction of sp³-hybridized carbons (Fsp3) is 0.0714. The third-order valence-electron chi connectivity index (χ3n) is 2.49. The molecule has 0 radical (unpaired) electrons. The summed E-state index contributed by atoms with van der Waals surface area (Å²) in [6.07, 6.45) is 0. The minimum absolute atomic E-state index is 0.110. The van der Waals surface area contributed by atoms with Crippen LogP contribution in [0.1, 0.15) is 5.56 Å². The van der Waals surface area contributed by atoms with Crippen LogP contribution in [0.2, 0.25) is 0 Å². The number of halogens is 2. The molecule has 0 bridgehead atoms. The van der Waals surface area contributed by atoms with Crippen molar-refractivity contribution in [2.75, 3.05) is 5.32 Å². The van der Waals surface area contributed by atoms with Crippen molar-refractivity contribution in [3.05, 3.63) is 65.7 Å². The lowest BCUT2D eigenvalue weighted by atomic mass is 10.2. The van der Waals surface area contributed by atoms with E-state index in [-0.39, 0.29) is 18.0 Å². The summed E-state index contributed by atoms with van der Waals surface area (Å²) in [5, 5.41) is 4.95. The molecule has 0 atom stereocenters. The predicted octanol–water partition coefficient (Wildman–Crippen LogP) is 3.29. The molecule has 0 saturated carbocycles. The Morgan fingerprint density at radius 2 is 1.68 bits per heavy atom. The molecule has 2 amide bonds. The summed E-state index contributed by atoms with van der Waals surface area (Å²) >= 11 is 0. The zero-order valence-electron chi connectivity index (χ0n) is 9.99. The largest absolute Gasteiger partial charge is 0.334 e. The topological polar surface area (TPSA) is 41.1 Å². The molecule has 0 fully saturated rings. The van der Waals surface area contributed by atoms with Crippen LogP contribution in [0.4, 0.5) is 19.3 Å². The highest BCUT2D eigenvalue weighted by molar-refractivity contribution is 5.89. The molecule has 3 nitrogen and oxygen atoms in total. The van der Waals surface area contributed by atoms with Gasteiger partial charge >= 0.3 is 6.03 Å². The van der Waals surface area contributed by atoms with Crippen molar-refractivity contribution in [3.63, 3.8) is 0 Å². The van der Waals surface area contributed by atoms with E-state index >= 15 is 0 Å². The molecular weight excluding hydrogens is 250 g/mol. The Morgan fingerprint density at radius 3 is 2.37 bits per heavy atom. The first-order valence-corrected chi connectivity index (χ1v) is 5.69. The SMILES string of the molecule is O=C(NCc1ccc(F)cc1)Nc1ccccc1F. The molecule has 0 spiro atoms. The van der Waals surface area contributed by atoms with Gasteiger partial charge in [0, 0.05) is 6.54 Å². The molecule has 0 heterocycles. The lowest BCUT2D eigenvalue weighted by molar-refractivity contribution is 0.251. The highest BCUT2D eigenvalue weighted by atomic mass is 19.1. The summed E-state index contributed by atoms with van der Waals surface area (Å²) in [6.45, 7) is 0.237. The second-order valence-corrected chi connectivity index (χ2v) is 3.91. The summed E-state index contributed by atoms with van der Waals surface area (Å²) in [4.78, 5) is 11.5. The normalized spacial score (nSPS) is 10.0. The quantitative estimate of drug-likeness (QED) is 0.875. The zero-order valence-corrected chi connectivity index (χ0v) is 9.99. The monoisotopic (exact) mass is 262 g/mol. The molecule has 2 N–H and O–H groups in total. The van der Waals surface area contributed by atoms with Crippen LogP contribution in [0.15, 0.2) is 48.5 Å². The fourth-order valence-corrected chi connectivity index (χ4v) is 1.51. The summed E-state index contributed by atoms with van der Waals surface area (Å²) in [5.74, 6) is -0.834. The second-order valence-electron chi connectivity index (χ2n) is 3.91. The van der Waals surface area contributed by atoms with Crippen molar-refractivity contribution in [2.45, 2.75) is 6.54 Å². The Morgan fingerprint density at radius 1 is 1.00 bits per heavy atom. The van der Waals surface area contributed by atoms with Crippen LogP contribution in [0.25, 0.3) is 0 Å². The summed E-state index contributed by atoms with van der Waals surface area (Å²) in [6, 6.07) is 11.1. The molecule has 5 heteroatoms. The van der Waals surface area contributed by atoms with Gasteiger partial charge in [-0.3, -0.25) is 0 Å². The Bertz CT molecular complexity index is 570. The van der Waals surface area contributed by atoms with Crippen LogP contribution < -0.4 is 10.6 Å². The Labute approximate surface area is 109 Å². The highest BCUT2D eigenvalue weighted by Crippen LogP contribution is 2.12. The van der Waals surface area contributed by atoms with Gasteiger partial charge in [-0.1, -0.05) is 24.3 Å². The van der Waals surface area contributed by atoms with Crippen molar-refractivity contribution in [3.8, 4) is 0 Å². The standard InChI is InChI=1S/C14H12F2N2O/c15-11-7-5-10(6-8-11)9-17-14(19)18-13-4-2-1-3-12(13)16/h1-8H,9H2,(H2,17,18,19). The number of para-hydroxylation sites is 1. The third kappa shape index (κ3) is 3.77. The maximum absolute atomic E-state index is 13.3. The molecule has 98 valence electrons. The van der Waals surface area contributed by atoms with Crippen LogP contribution in [-0.2, 0) is 6.54 Å². The summed E-state index contributed by atoms with van der Waals surface area (Å²) in [5.41, 5.74) is 0.865. The van der Waals surface area contributed by atoms with Crippen molar-refractivity contribution < 1.29 is 13.6 Å². The Hall–Kier alpha value is -2.43. The first kappa shape index (κ1) is 13.0. The van der Waals surface area contributed by atoms with Gasteiger partial charge in [0.05, 0.1) is 5.69 Å². The van der Waals surface area contributed by atoms with Gasteiger partial charge in [0.15, 0.2) is 0 Å². The van der Waals surface area contributed by atoms with Gasteiger partial charge < -0.3 is 10.6 Å². The van der Waals surface area contributed by atoms with E-state index in [1.165, 1.54) is 30.3 Å². The van der Waals surface area contributed by atoms with Crippen LogP contribution in [0.5, 0.6) is 0 Å². The molecule has 0 saturated heterocycles. The molecule has 0 aliphatic carbocycles. The van der Waals surface area contributed by atoms with E-state index in [9.17, 15) is 13.6 Å². The van der Waals surface area contributed by atoms with Gasteiger partial charge in [-0.25, -0.2) is 13.6 Å². The smallest absolute Gasteiger partial charge is 0.319 e. The van der Waals surface area contributed by atoms with Gasteiger partial charge in [-0.05, 0) is 29.8 Å². The lowest BCUT2D eigenvalue weighted by Crippen LogP contribution is -2.28. The number of carbonyl (C=O) groups is 1. The van der Waals surface area contributed by atoms with Crippen molar-refractivity contribution in [1.29, 1.82) is 0 Å². The number of hydrogen-bond acceptors (Lipinski definition) is 1. The van der Waals surface area contributed by atoms with Crippen molar-refractivity contribution in [1.82, 2.24) is 5.32 Å². The lowest BCUT2D eigenvalue weighted by Gasteiger charge is -2.08. The fourth-order valence-electron chi connectivity index (χ4n) is 1.51. The minimum Gasteiger partial charge on any atom is -0.334 e. The van der Waals surface area contributed by atoms with E-state index in [0.29, 0.717) is 0 Å². The number of carbonyl (C=O) groups excluding carboxylic acids is 1. The van der Waals surface area contributed by atoms with E-state index in [0.717, 1.165) is 5.56 Å². The molecule has 0 aromatic heterocycles. The van der Waals surface area contributed by atoms with E-state index in [1.807, 2.05) is 0 Å². The summed E-state index contributed by atoms with van der Waals surface area (Å²) in [7, 11) is 0. The van der Waals surface area contributed by atoms with E-state index < -0.39 is 11.8 Å². The molecule has 2 aromatic carbocycles. The highest BCUT2D eigenvalue weighted by Gasteiger charge is 2.05. The average Bonchev–Trinajstić information content (AvgIpc) is 2.41. The van der Waals surface area contributed by atoms with Crippen LogP contribution in [-0.4, -0.2) is 6.03 Å². The van der Waals surface area contributed by atoms with Gasteiger partial charge in [-0.2, -0.15) is 0 Å². The molecule has 2 rings (SSSR count). The van der Waals surface area contributed by atoms with E-state index in [4.69, 9.17) is 0 Å². The molecule has 19 heavy (non-hydrogen) atoms. The number of rotatable bonds is 3. The minimum atomic E-state index is -0.519. The maximum Gasteiger partial charge on any atom is 0.319 e. The first-order valence-electron chi connectivity index (χ1n) is 5.69. The van der Waals surface area contributed by atoms with Crippen LogP contribution in [0, 0.1) is 11.6 Å². The van der Waals surface area contributed by atoms with Crippen LogP contribution in [0.3, 0.4) is 0 Å². The van der Waals surface area contributed by atoms with Crippen molar-refractivity contribution in [2.24, 2.45) is 0 Å². The number of nitrogens with one attached hydrogen (secondary N) is 2. The van der Waals surface area contributed by atoms with E-state index in [2.05, 4.69) is 10.6 Å². The Balaban J connectivity index is 1.88. The van der Waals surface area contributed by atoms with Gasteiger partial charge in [0.2, 0.25) is 0 Å². The van der Waals surface area contributed by atoms with E-state index in [1.54, 1.807) is 18.2 Å². The number of hydrogen-bond donors (Lipinski definition) is 2. The number of urea groups is 1. The second kappa shape index (κ2) is 5.95. The number of amides is 2. The molecule has 2 aromatic rings. The van der Waals surface area contributed by atoms with Gasteiger partial charge in [0.25, 0.3) is 0 Å². The average molecular weight is 262 g/mol. The molecule has 0 aliphatic heterocycles. The molecular formula is C14H12F2N2O. The van der Waals surface area contributed by atoms with Gasteiger partial charge in [-0.15, -0.1) is 0 Å². The first-order chi connectivity index (χ1) is 9.15. The van der Waals surface area contributed by atoms with Crippen LogP contribution >= 0.6 is 0 Å². The molecule has 0 aliphatic rings. The predicted molar refractivity (Wildman–Crippen MR) is 68.7 cm³/mol. The summed E-state index contributed by atoms with van der Waals surface area (Å²) < 4.78 is 25.9.